The molecule has 10 heteroatoms. The molecular formula is C20H27Cl2N5O3. The maximum absolute atomic E-state index is 12.4. The SMILES string of the molecule is Cl.Cl.NC1(C(=O)NCc2cccc(NC(=O)NCc3ccncc3)c2)CCOCC1. The molecule has 5 N–H and O–H groups in total. The van der Waals surface area contributed by atoms with Crippen molar-refractivity contribution >= 4 is 42.4 Å². The number of pyridine rings is 1. The molecule has 3 rings (SSSR count). The van der Waals surface area contributed by atoms with Gasteiger partial charge in [0, 0.05) is 44.4 Å². The number of amides is 3. The zero-order valence-corrected chi connectivity index (χ0v) is 18.1. The van der Waals surface area contributed by atoms with Gasteiger partial charge in [0.2, 0.25) is 5.91 Å². The number of nitrogens with one attached hydrogen (secondary N) is 3. The number of urea groups is 1. The van der Waals surface area contributed by atoms with E-state index in [-0.39, 0.29) is 36.8 Å². The van der Waals surface area contributed by atoms with E-state index >= 15 is 0 Å². The quantitative estimate of drug-likeness (QED) is 0.532. The molecule has 1 aliphatic heterocycles. The standard InChI is InChI=1S/C20H25N5O3.2ClH/c21-20(6-10-28-11-7-20)18(26)23-14-16-2-1-3-17(12-16)25-19(27)24-13-15-4-8-22-9-5-15;;/h1-5,8-9,12H,6-7,10-11,13-14,21H2,(H,23,26)(H2,24,25,27);2*1H. The number of carbonyl (C=O) groups excluding carboxylic acids is 2. The van der Waals surface area contributed by atoms with Crippen LogP contribution in [0.4, 0.5) is 10.5 Å². The highest BCUT2D eigenvalue weighted by Crippen LogP contribution is 2.18. The molecule has 0 bridgehead atoms. The smallest absolute Gasteiger partial charge is 0.319 e. The van der Waals surface area contributed by atoms with Gasteiger partial charge >= 0.3 is 6.03 Å². The van der Waals surface area contributed by atoms with Gasteiger partial charge in [-0.1, -0.05) is 12.1 Å². The van der Waals surface area contributed by atoms with Gasteiger partial charge in [0.25, 0.3) is 0 Å². The molecule has 2 heterocycles. The van der Waals surface area contributed by atoms with Crippen LogP contribution in [0.5, 0.6) is 0 Å². The minimum atomic E-state index is -0.874. The van der Waals surface area contributed by atoms with Gasteiger partial charge in [0.05, 0.1) is 5.54 Å². The van der Waals surface area contributed by atoms with Gasteiger partial charge in [0.1, 0.15) is 0 Å². The lowest BCUT2D eigenvalue weighted by Gasteiger charge is -2.31. The van der Waals surface area contributed by atoms with E-state index in [1.54, 1.807) is 18.5 Å². The van der Waals surface area contributed by atoms with Crippen molar-refractivity contribution in [3.05, 3.63) is 59.9 Å². The summed E-state index contributed by atoms with van der Waals surface area (Å²) in [4.78, 5) is 28.4. The maximum Gasteiger partial charge on any atom is 0.319 e. The summed E-state index contributed by atoms with van der Waals surface area (Å²) in [5.74, 6) is -0.177. The van der Waals surface area contributed by atoms with Crippen LogP contribution in [0.3, 0.4) is 0 Å². The Kier molecular flexibility index (Phi) is 10.5. The van der Waals surface area contributed by atoms with Gasteiger partial charge in [-0.15, -0.1) is 24.8 Å². The van der Waals surface area contributed by atoms with Gasteiger partial charge < -0.3 is 26.4 Å². The molecule has 1 saturated heterocycles. The van der Waals surface area contributed by atoms with Crippen molar-refractivity contribution in [2.45, 2.75) is 31.5 Å². The average molecular weight is 456 g/mol. The van der Waals surface area contributed by atoms with Crippen LogP contribution in [0, 0.1) is 0 Å². The lowest BCUT2D eigenvalue weighted by molar-refractivity contribution is -0.129. The molecule has 1 aromatic carbocycles. The predicted octanol–water partition coefficient (Wildman–Crippen LogP) is 2.37. The minimum absolute atomic E-state index is 0. The van der Waals surface area contributed by atoms with Crippen molar-refractivity contribution in [2.24, 2.45) is 5.73 Å². The normalized spacial score (nSPS) is 14.4. The second-order valence-electron chi connectivity index (χ2n) is 6.81. The van der Waals surface area contributed by atoms with Crippen LogP contribution in [0.1, 0.15) is 24.0 Å². The van der Waals surface area contributed by atoms with Crippen molar-refractivity contribution in [2.75, 3.05) is 18.5 Å². The first kappa shape index (κ1) is 25.6. The molecule has 2 aromatic rings. The van der Waals surface area contributed by atoms with E-state index in [4.69, 9.17) is 10.5 Å². The summed E-state index contributed by atoms with van der Waals surface area (Å²) in [5, 5.41) is 8.46. The maximum atomic E-state index is 12.4. The van der Waals surface area contributed by atoms with Gasteiger partial charge in [0.15, 0.2) is 0 Å². The monoisotopic (exact) mass is 455 g/mol. The molecule has 164 valence electrons. The molecule has 0 saturated carbocycles. The molecule has 3 amide bonds. The second-order valence-corrected chi connectivity index (χ2v) is 6.81. The first-order valence-electron chi connectivity index (χ1n) is 9.23. The number of benzene rings is 1. The van der Waals surface area contributed by atoms with Gasteiger partial charge in [-0.25, -0.2) is 4.79 Å². The Morgan fingerprint density at radius 3 is 2.37 bits per heavy atom. The Labute approximate surface area is 188 Å². The number of ether oxygens (including phenoxy) is 1. The van der Waals surface area contributed by atoms with Crippen LogP contribution in [0.25, 0.3) is 0 Å². The third kappa shape index (κ3) is 7.46. The number of nitrogens with zero attached hydrogens (tertiary/aromatic N) is 1. The van der Waals surface area contributed by atoms with Crippen LogP contribution in [-0.2, 0) is 22.6 Å². The number of halogens is 2. The molecule has 1 aliphatic rings. The zero-order chi connectivity index (χ0) is 19.8. The van der Waals surface area contributed by atoms with E-state index in [2.05, 4.69) is 20.9 Å². The molecule has 30 heavy (non-hydrogen) atoms. The summed E-state index contributed by atoms with van der Waals surface area (Å²) < 4.78 is 5.27. The number of aromatic nitrogens is 1. The molecular weight excluding hydrogens is 429 g/mol. The van der Waals surface area contributed by atoms with Gasteiger partial charge in [-0.05, 0) is 48.2 Å². The van der Waals surface area contributed by atoms with Crippen molar-refractivity contribution in [1.29, 1.82) is 0 Å². The first-order chi connectivity index (χ1) is 13.5. The van der Waals surface area contributed by atoms with E-state index < -0.39 is 5.54 Å². The number of hydrogen-bond donors (Lipinski definition) is 4. The molecule has 0 radical (unpaired) electrons. The lowest BCUT2D eigenvalue weighted by atomic mass is 9.90. The molecule has 1 aromatic heterocycles. The van der Waals surface area contributed by atoms with E-state index in [9.17, 15) is 9.59 Å². The number of rotatable bonds is 6. The molecule has 0 aliphatic carbocycles. The largest absolute Gasteiger partial charge is 0.381 e. The molecule has 8 nitrogen and oxygen atoms in total. The topological polar surface area (TPSA) is 118 Å². The highest BCUT2D eigenvalue weighted by Gasteiger charge is 2.35. The minimum Gasteiger partial charge on any atom is -0.381 e. The van der Waals surface area contributed by atoms with Crippen LogP contribution in [-0.4, -0.2) is 35.7 Å². The fraction of sp³-hybridized carbons (Fsp3) is 0.350. The third-order valence-corrected chi connectivity index (χ3v) is 4.68. The summed E-state index contributed by atoms with van der Waals surface area (Å²) in [6.45, 7) is 1.75. The molecule has 1 fully saturated rings. The summed E-state index contributed by atoms with van der Waals surface area (Å²) in [6.07, 6.45) is 4.38. The van der Waals surface area contributed by atoms with Crippen molar-refractivity contribution < 1.29 is 14.3 Å². The van der Waals surface area contributed by atoms with Gasteiger partial charge in [-0.3, -0.25) is 9.78 Å². The summed E-state index contributed by atoms with van der Waals surface area (Å²) in [5.41, 5.74) is 7.79. The Balaban J connectivity index is 0.00000225. The van der Waals surface area contributed by atoms with Crippen molar-refractivity contribution in [3.8, 4) is 0 Å². The van der Waals surface area contributed by atoms with Crippen molar-refractivity contribution in [1.82, 2.24) is 15.6 Å². The van der Waals surface area contributed by atoms with Crippen LogP contribution in [0.15, 0.2) is 48.8 Å². The third-order valence-electron chi connectivity index (χ3n) is 4.68. The predicted molar refractivity (Wildman–Crippen MR) is 120 cm³/mol. The number of carbonyl (C=O) groups is 2. The van der Waals surface area contributed by atoms with Crippen LogP contribution >= 0.6 is 24.8 Å². The summed E-state index contributed by atoms with van der Waals surface area (Å²) >= 11 is 0. The van der Waals surface area contributed by atoms with Crippen LogP contribution < -0.4 is 21.7 Å². The lowest BCUT2D eigenvalue weighted by Crippen LogP contribution is -2.56. The Bertz CT molecular complexity index is 817. The summed E-state index contributed by atoms with van der Waals surface area (Å²) in [6, 6.07) is 10.7. The van der Waals surface area contributed by atoms with E-state index in [1.807, 2.05) is 30.3 Å². The summed E-state index contributed by atoms with van der Waals surface area (Å²) in [7, 11) is 0. The molecule has 0 unspecified atom stereocenters. The number of hydrogen-bond acceptors (Lipinski definition) is 5. The number of nitrogens with two attached hydrogens (primary N) is 1. The first-order valence-corrected chi connectivity index (χ1v) is 9.23. The highest BCUT2D eigenvalue weighted by molar-refractivity contribution is 5.89. The van der Waals surface area contributed by atoms with E-state index in [1.165, 1.54) is 0 Å². The fourth-order valence-corrected chi connectivity index (χ4v) is 2.94. The fourth-order valence-electron chi connectivity index (χ4n) is 2.94. The second kappa shape index (κ2) is 12.3. The number of anilines is 1. The average Bonchev–Trinajstić information content (AvgIpc) is 2.72. The molecule has 0 spiro atoms. The van der Waals surface area contributed by atoms with E-state index in [0.29, 0.717) is 44.8 Å². The van der Waals surface area contributed by atoms with E-state index in [0.717, 1.165) is 11.1 Å². The van der Waals surface area contributed by atoms with Crippen molar-refractivity contribution in [3.63, 3.8) is 0 Å². The zero-order valence-electron chi connectivity index (χ0n) is 16.4. The highest BCUT2D eigenvalue weighted by atomic mass is 35.5. The Morgan fingerprint density at radius 1 is 1.00 bits per heavy atom. The Morgan fingerprint density at radius 2 is 1.67 bits per heavy atom. The van der Waals surface area contributed by atoms with Gasteiger partial charge in [-0.2, -0.15) is 0 Å². The van der Waals surface area contributed by atoms with Crippen LogP contribution in [0.2, 0.25) is 0 Å². The Hall–Kier alpha value is -2.39. The molecule has 0 atom stereocenters.